The van der Waals surface area contributed by atoms with Gasteiger partial charge in [-0.3, -0.25) is 4.79 Å². The van der Waals surface area contributed by atoms with Gasteiger partial charge in [0, 0.05) is 16.7 Å². The second kappa shape index (κ2) is 8.28. The first-order chi connectivity index (χ1) is 13.6. The third-order valence-electron chi connectivity index (χ3n) is 4.72. The van der Waals surface area contributed by atoms with Crippen LogP contribution in [0.4, 0.5) is 0 Å². The molecule has 28 heavy (non-hydrogen) atoms. The summed E-state index contributed by atoms with van der Waals surface area (Å²) in [5, 5.41) is 13.9. The summed E-state index contributed by atoms with van der Waals surface area (Å²) in [5.41, 5.74) is 2.19. The van der Waals surface area contributed by atoms with Crippen molar-refractivity contribution in [3.8, 4) is 0 Å². The molecule has 0 saturated heterocycles. The van der Waals surface area contributed by atoms with Crippen molar-refractivity contribution in [3.05, 3.63) is 52.7 Å². The number of aromatic nitrogens is 2. The van der Waals surface area contributed by atoms with Gasteiger partial charge in [-0.05, 0) is 30.4 Å². The highest BCUT2D eigenvalue weighted by atomic mass is 32.2. The average Bonchev–Trinajstić information content (AvgIpc) is 3.27. The standard InChI is InChI=1S/C20H19N3O3S2/c24-16(23-14(20(25)26)9-12-5-2-1-3-6-12)10-27-18-17-13-7-4-8-15(13)28-19(17)22-11-21-18/h1-3,5-6,11,14H,4,7-10H2,(H,23,24)(H,25,26)/t14-/m1/s1. The topological polar surface area (TPSA) is 92.2 Å². The van der Waals surface area contributed by atoms with Crippen molar-refractivity contribution in [3.63, 3.8) is 0 Å². The molecule has 2 N–H and O–H groups in total. The molecule has 144 valence electrons. The Hall–Kier alpha value is -2.45. The largest absolute Gasteiger partial charge is 0.480 e. The number of amides is 1. The Bertz CT molecular complexity index is 1020. The lowest BCUT2D eigenvalue weighted by Crippen LogP contribution is -2.43. The van der Waals surface area contributed by atoms with Gasteiger partial charge in [0.1, 0.15) is 22.2 Å². The number of nitrogens with one attached hydrogen (secondary N) is 1. The van der Waals surface area contributed by atoms with Crippen LogP contribution in [0.2, 0.25) is 0 Å². The molecule has 0 unspecified atom stereocenters. The summed E-state index contributed by atoms with van der Waals surface area (Å²) in [7, 11) is 0. The van der Waals surface area contributed by atoms with E-state index in [2.05, 4.69) is 15.3 Å². The molecule has 1 aliphatic carbocycles. The molecule has 0 saturated carbocycles. The minimum Gasteiger partial charge on any atom is -0.480 e. The number of thioether (sulfide) groups is 1. The normalized spacial score (nSPS) is 14.0. The molecule has 0 fully saturated rings. The van der Waals surface area contributed by atoms with Crippen LogP contribution in [0.1, 0.15) is 22.4 Å². The van der Waals surface area contributed by atoms with Crippen molar-refractivity contribution in [1.29, 1.82) is 0 Å². The predicted molar refractivity (Wildman–Crippen MR) is 110 cm³/mol. The minimum atomic E-state index is -1.04. The zero-order chi connectivity index (χ0) is 19.5. The molecular formula is C20H19N3O3S2. The van der Waals surface area contributed by atoms with E-state index in [1.807, 2.05) is 30.3 Å². The maximum atomic E-state index is 12.4. The highest BCUT2D eigenvalue weighted by molar-refractivity contribution is 8.00. The molecule has 2 aromatic heterocycles. The van der Waals surface area contributed by atoms with Crippen molar-refractivity contribution >= 4 is 45.2 Å². The second-order valence-corrected chi connectivity index (χ2v) is 8.70. The molecular weight excluding hydrogens is 394 g/mol. The van der Waals surface area contributed by atoms with E-state index < -0.39 is 12.0 Å². The third kappa shape index (κ3) is 4.02. The zero-order valence-electron chi connectivity index (χ0n) is 15.1. The van der Waals surface area contributed by atoms with Crippen LogP contribution in [0.25, 0.3) is 10.2 Å². The monoisotopic (exact) mass is 413 g/mol. The van der Waals surface area contributed by atoms with E-state index in [0.717, 1.165) is 40.1 Å². The maximum Gasteiger partial charge on any atom is 0.326 e. The lowest BCUT2D eigenvalue weighted by atomic mass is 10.1. The number of benzene rings is 1. The van der Waals surface area contributed by atoms with Gasteiger partial charge in [-0.15, -0.1) is 11.3 Å². The minimum absolute atomic E-state index is 0.120. The lowest BCUT2D eigenvalue weighted by molar-refractivity contribution is -0.141. The Labute approximate surface area is 170 Å². The molecule has 1 amide bonds. The van der Waals surface area contributed by atoms with Crippen molar-refractivity contribution < 1.29 is 14.7 Å². The lowest BCUT2D eigenvalue weighted by Gasteiger charge is -2.14. The summed E-state index contributed by atoms with van der Waals surface area (Å²) in [5.74, 6) is -1.23. The molecule has 6 nitrogen and oxygen atoms in total. The number of fused-ring (bicyclic) bond motifs is 3. The van der Waals surface area contributed by atoms with Crippen molar-refractivity contribution in [1.82, 2.24) is 15.3 Å². The van der Waals surface area contributed by atoms with Gasteiger partial charge in [-0.1, -0.05) is 42.1 Å². The summed E-state index contributed by atoms with van der Waals surface area (Å²) in [4.78, 5) is 35.0. The van der Waals surface area contributed by atoms with E-state index in [-0.39, 0.29) is 18.1 Å². The summed E-state index contributed by atoms with van der Waals surface area (Å²) in [6.45, 7) is 0. The molecule has 1 aromatic carbocycles. The molecule has 3 aromatic rings. The Morgan fingerprint density at radius 3 is 2.82 bits per heavy atom. The Morgan fingerprint density at radius 2 is 2.04 bits per heavy atom. The number of thiophene rings is 1. The molecule has 1 atom stereocenters. The first kappa shape index (κ1) is 18.9. The number of carboxylic acids is 1. The number of aliphatic carboxylic acids is 1. The summed E-state index contributed by atoms with van der Waals surface area (Å²) >= 11 is 3.05. The Kier molecular flexibility index (Phi) is 5.59. The van der Waals surface area contributed by atoms with Crippen molar-refractivity contribution in [2.45, 2.75) is 36.8 Å². The molecule has 1 aliphatic rings. The van der Waals surface area contributed by atoms with Crippen LogP contribution in [0.5, 0.6) is 0 Å². The van der Waals surface area contributed by atoms with Gasteiger partial charge in [0.05, 0.1) is 5.75 Å². The molecule has 0 aliphatic heterocycles. The third-order valence-corrected chi connectivity index (χ3v) is 6.91. The maximum absolute atomic E-state index is 12.4. The summed E-state index contributed by atoms with van der Waals surface area (Å²) in [6, 6.07) is 8.33. The number of rotatable bonds is 7. The number of hydrogen-bond donors (Lipinski definition) is 2. The van der Waals surface area contributed by atoms with Crippen molar-refractivity contribution in [2.75, 3.05) is 5.75 Å². The molecule has 0 radical (unpaired) electrons. The van der Waals surface area contributed by atoms with Gasteiger partial charge in [-0.25, -0.2) is 14.8 Å². The fourth-order valence-electron chi connectivity index (χ4n) is 3.43. The fraction of sp³-hybridized carbons (Fsp3) is 0.300. The number of nitrogens with zero attached hydrogens (tertiary/aromatic N) is 2. The first-order valence-corrected chi connectivity index (χ1v) is 10.9. The van der Waals surface area contributed by atoms with Crippen LogP contribution >= 0.6 is 23.1 Å². The van der Waals surface area contributed by atoms with Crippen LogP contribution in [0, 0.1) is 0 Å². The number of aryl methyl sites for hydroxylation is 2. The average molecular weight is 414 g/mol. The van der Waals surface area contributed by atoms with Crippen molar-refractivity contribution in [2.24, 2.45) is 0 Å². The SMILES string of the molecule is O=C(CSc1ncnc2sc3c(c12)CCC3)N[C@H](Cc1ccccc1)C(=O)O. The van der Waals surface area contributed by atoms with Crippen LogP contribution in [0.15, 0.2) is 41.7 Å². The quantitative estimate of drug-likeness (QED) is 0.457. The molecule has 4 rings (SSSR count). The number of carbonyl (C=O) groups is 2. The first-order valence-electron chi connectivity index (χ1n) is 9.06. The highest BCUT2D eigenvalue weighted by Gasteiger charge is 2.23. The van der Waals surface area contributed by atoms with E-state index >= 15 is 0 Å². The van der Waals surface area contributed by atoms with Gasteiger partial charge < -0.3 is 10.4 Å². The van der Waals surface area contributed by atoms with Gasteiger partial charge in [0.15, 0.2) is 0 Å². The molecule has 0 bridgehead atoms. The van der Waals surface area contributed by atoms with Gasteiger partial charge >= 0.3 is 5.97 Å². The van der Waals surface area contributed by atoms with Gasteiger partial charge in [-0.2, -0.15) is 0 Å². The van der Waals surface area contributed by atoms with E-state index in [9.17, 15) is 14.7 Å². The van der Waals surface area contributed by atoms with Crippen LogP contribution < -0.4 is 5.32 Å². The number of hydrogen-bond acceptors (Lipinski definition) is 6. The van der Waals surface area contributed by atoms with Crippen LogP contribution in [0.3, 0.4) is 0 Å². The summed E-state index contributed by atoms with van der Waals surface area (Å²) in [6.07, 6.45) is 5.05. The van der Waals surface area contributed by atoms with Crippen LogP contribution in [-0.2, 0) is 28.9 Å². The number of carbonyl (C=O) groups excluding carboxylic acids is 1. The predicted octanol–water partition coefficient (Wildman–Crippen LogP) is 3.08. The van der Waals surface area contributed by atoms with Gasteiger partial charge in [0.2, 0.25) is 5.91 Å². The van der Waals surface area contributed by atoms with E-state index in [0.29, 0.717) is 0 Å². The highest BCUT2D eigenvalue weighted by Crippen LogP contribution is 2.39. The molecule has 8 heteroatoms. The zero-order valence-corrected chi connectivity index (χ0v) is 16.7. The fourth-order valence-corrected chi connectivity index (χ4v) is 5.56. The Balaban J connectivity index is 1.43. The van der Waals surface area contributed by atoms with Crippen LogP contribution in [-0.4, -0.2) is 38.7 Å². The van der Waals surface area contributed by atoms with Gasteiger partial charge in [0.25, 0.3) is 0 Å². The molecule has 0 spiro atoms. The van der Waals surface area contributed by atoms with E-state index in [1.54, 1.807) is 11.3 Å². The smallest absolute Gasteiger partial charge is 0.326 e. The molecule has 2 heterocycles. The summed E-state index contributed by atoms with van der Waals surface area (Å²) < 4.78 is 0. The van der Waals surface area contributed by atoms with E-state index in [4.69, 9.17) is 0 Å². The Morgan fingerprint density at radius 1 is 1.21 bits per heavy atom. The second-order valence-electron chi connectivity index (χ2n) is 6.65. The number of carboxylic acid groups (broad SMARTS) is 1. The van der Waals surface area contributed by atoms with E-state index in [1.165, 1.54) is 28.5 Å².